The van der Waals surface area contributed by atoms with Crippen LogP contribution in [-0.4, -0.2) is 15.1 Å². The molecule has 0 aliphatic carbocycles. The summed E-state index contributed by atoms with van der Waals surface area (Å²) in [5.74, 6) is 0.565. The number of aromatic amines is 1. The average Bonchev–Trinajstić information content (AvgIpc) is 2.67. The zero-order chi connectivity index (χ0) is 9.97. The first kappa shape index (κ1) is 8.64. The van der Waals surface area contributed by atoms with Crippen LogP contribution >= 0.6 is 0 Å². The molecule has 0 aromatic carbocycles. The molecule has 0 saturated heterocycles. The first-order valence-corrected chi connectivity index (χ1v) is 4.02. The third-order valence-electron chi connectivity index (χ3n) is 1.70. The molecule has 0 aliphatic heterocycles. The van der Waals surface area contributed by atoms with E-state index in [4.69, 9.17) is 10.3 Å². The van der Waals surface area contributed by atoms with Gasteiger partial charge in [-0.3, -0.25) is 4.79 Å². The van der Waals surface area contributed by atoms with E-state index in [9.17, 15) is 4.79 Å². The summed E-state index contributed by atoms with van der Waals surface area (Å²) in [6, 6.07) is 3.30. The van der Waals surface area contributed by atoms with E-state index in [0.29, 0.717) is 11.5 Å². The van der Waals surface area contributed by atoms with Gasteiger partial charge in [-0.15, -0.1) is 0 Å². The summed E-state index contributed by atoms with van der Waals surface area (Å²) in [4.78, 5) is 17.8. The lowest BCUT2D eigenvalue weighted by molar-refractivity contribution is 0.380. The molecule has 0 aliphatic rings. The highest BCUT2D eigenvalue weighted by Gasteiger charge is 2.09. The topological polar surface area (TPSA) is 97.8 Å². The maximum atomic E-state index is 11.3. The Labute approximate surface area is 78.8 Å². The predicted octanol–water partition coefficient (Wildman–Crippen LogP) is -0.116. The Hall–Kier alpha value is -1.95. The second-order valence-electron chi connectivity index (χ2n) is 2.63. The fraction of sp³-hybridized carbons (Fsp3) is 0.125. The third-order valence-corrected chi connectivity index (χ3v) is 1.70. The third kappa shape index (κ3) is 1.42. The SMILES string of the molecule is NCc1nc(-c2ccc[nH]c2=O)no1. The lowest BCUT2D eigenvalue weighted by Crippen LogP contribution is -2.07. The monoisotopic (exact) mass is 192 g/mol. The number of nitrogens with one attached hydrogen (secondary N) is 1. The highest BCUT2D eigenvalue weighted by Crippen LogP contribution is 2.09. The van der Waals surface area contributed by atoms with E-state index >= 15 is 0 Å². The maximum absolute atomic E-state index is 11.3. The summed E-state index contributed by atoms with van der Waals surface area (Å²) in [6.45, 7) is 0.164. The lowest BCUT2D eigenvalue weighted by atomic mass is 10.3. The van der Waals surface area contributed by atoms with Crippen LogP contribution in [0, 0.1) is 0 Å². The number of H-pyrrole nitrogens is 1. The van der Waals surface area contributed by atoms with Crippen molar-refractivity contribution in [3.05, 3.63) is 34.6 Å². The van der Waals surface area contributed by atoms with Crippen molar-refractivity contribution >= 4 is 0 Å². The van der Waals surface area contributed by atoms with Crippen LogP contribution in [0.15, 0.2) is 27.6 Å². The normalized spacial score (nSPS) is 10.4. The molecule has 2 aromatic heterocycles. The van der Waals surface area contributed by atoms with Crippen LogP contribution in [-0.2, 0) is 6.54 Å². The van der Waals surface area contributed by atoms with Crippen molar-refractivity contribution < 1.29 is 4.52 Å². The van der Waals surface area contributed by atoms with Crippen LogP contribution in [0.1, 0.15) is 5.89 Å². The van der Waals surface area contributed by atoms with Crippen molar-refractivity contribution in [3.63, 3.8) is 0 Å². The Bertz CT molecular complexity index is 488. The van der Waals surface area contributed by atoms with Crippen LogP contribution in [0.3, 0.4) is 0 Å². The molecule has 0 saturated carbocycles. The summed E-state index contributed by atoms with van der Waals surface area (Å²) in [5, 5.41) is 3.63. The molecule has 0 amide bonds. The van der Waals surface area contributed by atoms with E-state index in [1.54, 1.807) is 12.1 Å². The van der Waals surface area contributed by atoms with Crippen LogP contribution in [0.5, 0.6) is 0 Å². The summed E-state index contributed by atoms with van der Waals surface area (Å²) < 4.78 is 4.78. The van der Waals surface area contributed by atoms with Crippen molar-refractivity contribution in [1.82, 2.24) is 15.1 Å². The number of hydrogen-bond acceptors (Lipinski definition) is 5. The molecule has 72 valence electrons. The van der Waals surface area contributed by atoms with E-state index < -0.39 is 0 Å². The van der Waals surface area contributed by atoms with Crippen molar-refractivity contribution in [1.29, 1.82) is 0 Å². The largest absolute Gasteiger partial charge is 0.338 e. The van der Waals surface area contributed by atoms with Crippen LogP contribution in [0.4, 0.5) is 0 Å². The molecule has 2 aromatic rings. The van der Waals surface area contributed by atoms with Gasteiger partial charge in [0, 0.05) is 6.20 Å². The Morgan fingerprint density at radius 3 is 3.07 bits per heavy atom. The molecule has 0 spiro atoms. The van der Waals surface area contributed by atoms with E-state index in [0.717, 1.165) is 0 Å². The Morgan fingerprint density at radius 2 is 2.43 bits per heavy atom. The first-order chi connectivity index (χ1) is 6.81. The lowest BCUT2D eigenvalue weighted by Gasteiger charge is -1.89. The average molecular weight is 192 g/mol. The zero-order valence-electron chi connectivity index (χ0n) is 7.23. The van der Waals surface area contributed by atoms with Crippen molar-refractivity contribution in [3.8, 4) is 11.4 Å². The summed E-state index contributed by atoms with van der Waals surface area (Å²) in [5.41, 5.74) is 5.42. The van der Waals surface area contributed by atoms with Crippen LogP contribution in [0.25, 0.3) is 11.4 Å². The van der Waals surface area contributed by atoms with Gasteiger partial charge in [0.25, 0.3) is 5.56 Å². The standard InChI is InChI=1S/C8H8N4O2/c9-4-6-11-7(12-14-6)5-2-1-3-10-8(5)13/h1-3H,4,9H2,(H,10,13). The van der Waals surface area contributed by atoms with E-state index in [1.165, 1.54) is 6.20 Å². The van der Waals surface area contributed by atoms with Crippen LogP contribution in [0.2, 0.25) is 0 Å². The molecular weight excluding hydrogens is 184 g/mol. The van der Waals surface area contributed by atoms with Crippen LogP contribution < -0.4 is 11.3 Å². The first-order valence-electron chi connectivity index (χ1n) is 4.02. The fourth-order valence-electron chi connectivity index (χ4n) is 1.04. The summed E-state index contributed by atoms with van der Waals surface area (Å²) in [6.07, 6.45) is 1.54. The van der Waals surface area contributed by atoms with Crippen molar-refractivity contribution in [2.75, 3.05) is 0 Å². The zero-order valence-corrected chi connectivity index (χ0v) is 7.23. The summed E-state index contributed by atoms with van der Waals surface area (Å²) >= 11 is 0. The Kier molecular flexibility index (Phi) is 2.11. The highest BCUT2D eigenvalue weighted by molar-refractivity contribution is 5.51. The highest BCUT2D eigenvalue weighted by atomic mass is 16.5. The number of rotatable bonds is 2. The van der Waals surface area contributed by atoms with Gasteiger partial charge in [0.05, 0.1) is 12.1 Å². The molecule has 2 rings (SSSR count). The van der Waals surface area contributed by atoms with Crippen molar-refractivity contribution in [2.45, 2.75) is 6.54 Å². The second kappa shape index (κ2) is 3.43. The van der Waals surface area contributed by atoms with E-state index in [2.05, 4.69) is 15.1 Å². The van der Waals surface area contributed by atoms with Gasteiger partial charge in [0.1, 0.15) is 0 Å². The molecule has 2 heterocycles. The molecule has 0 atom stereocenters. The van der Waals surface area contributed by atoms with Gasteiger partial charge in [0.15, 0.2) is 0 Å². The molecule has 0 unspecified atom stereocenters. The van der Waals surface area contributed by atoms with Crippen molar-refractivity contribution in [2.24, 2.45) is 5.73 Å². The number of aromatic nitrogens is 3. The van der Waals surface area contributed by atoms with Gasteiger partial charge >= 0.3 is 0 Å². The molecule has 6 heteroatoms. The van der Waals surface area contributed by atoms with Gasteiger partial charge in [-0.25, -0.2) is 0 Å². The minimum Gasteiger partial charge on any atom is -0.338 e. The Morgan fingerprint density at radius 1 is 1.57 bits per heavy atom. The minimum absolute atomic E-state index is 0.164. The predicted molar refractivity (Wildman–Crippen MR) is 48.2 cm³/mol. The summed E-state index contributed by atoms with van der Waals surface area (Å²) in [7, 11) is 0. The smallest absolute Gasteiger partial charge is 0.259 e. The molecule has 0 bridgehead atoms. The van der Waals surface area contributed by atoms with Gasteiger partial charge in [-0.2, -0.15) is 4.98 Å². The number of nitrogens with two attached hydrogens (primary N) is 1. The van der Waals surface area contributed by atoms with Gasteiger partial charge in [-0.1, -0.05) is 5.16 Å². The van der Waals surface area contributed by atoms with Gasteiger partial charge < -0.3 is 15.2 Å². The molecule has 0 fully saturated rings. The second-order valence-corrected chi connectivity index (χ2v) is 2.63. The molecule has 3 N–H and O–H groups in total. The number of pyridine rings is 1. The van der Waals surface area contributed by atoms with Gasteiger partial charge in [-0.05, 0) is 12.1 Å². The number of nitrogens with zero attached hydrogens (tertiary/aromatic N) is 2. The number of hydrogen-bond donors (Lipinski definition) is 2. The fourth-order valence-corrected chi connectivity index (χ4v) is 1.04. The van der Waals surface area contributed by atoms with E-state index in [-0.39, 0.29) is 17.9 Å². The molecule has 6 nitrogen and oxygen atoms in total. The minimum atomic E-state index is -0.253. The van der Waals surface area contributed by atoms with E-state index in [1.807, 2.05) is 0 Å². The van der Waals surface area contributed by atoms with Gasteiger partial charge in [0.2, 0.25) is 11.7 Å². The quantitative estimate of drug-likeness (QED) is 0.691. The molecule has 0 radical (unpaired) electrons. The maximum Gasteiger partial charge on any atom is 0.259 e. The molecular formula is C8H8N4O2. The molecule has 14 heavy (non-hydrogen) atoms. The Balaban J connectivity index is 2.50.